The van der Waals surface area contributed by atoms with Gasteiger partial charge in [-0.05, 0) is 47.7 Å². The topological polar surface area (TPSA) is 38.3 Å². The number of benzene rings is 2. The minimum atomic E-state index is -0.168. The molecule has 0 heterocycles. The highest BCUT2D eigenvalue weighted by atomic mass is 35.5. The first-order valence-corrected chi connectivity index (χ1v) is 8.55. The van der Waals surface area contributed by atoms with Gasteiger partial charge in [-0.2, -0.15) is 0 Å². The molecule has 0 bridgehead atoms. The van der Waals surface area contributed by atoms with Crippen LogP contribution in [0, 0.1) is 5.92 Å². The van der Waals surface area contributed by atoms with Crippen LogP contribution in [0.5, 0.6) is 5.75 Å². The van der Waals surface area contributed by atoms with Crippen LogP contribution in [0.4, 0.5) is 0 Å². The van der Waals surface area contributed by atoms with Gasteiger partial charge in [-0.3, -0.25) is 4.79 Å². The number of amides is 1. The summed E-state index contributed by atoms with van der Waals surface area (Å²) < 4.78 is 5.15. The molecule has 2 aromatic carbocycles. The van der Waals surface area contributed by atoms with Gasteiger partial charge in [0, 0.05) is 11.6 Å². The first kappa shape index (κ1) is 18.3. The van der Waals surface area contributed by atoms with Crippen molar-refractivity contribution in [3.05, 3.63) is 64.7 Å². The fraction of sp³-hybridized carbons (Fsp3) is 0.350. The van der Waals surface area contributed by atoms with E-state index in [0.29, 0.717) is 11.6 Å². The second-order valence-corrected chi connectivity index (χ2v) is 6.60. The number of hydrogen-bond donors (Lipinski definition) is 1. The normalized spacial score (nSPS) is 12.0. The Labute approximate surface area is 149 Å². The molecule has 0 fully saturated rings. The lowest BCUT2D eigenvalue weighted by atomic mass is 9.87. The van der Waals surface area contributed by atoms with Crippen molar-refractivity contribution in [3.8, 4) is 5.75 Å². The van der Waals surface area contributed by atoms with Crippen LogP contribution < -0.4 is 10.1 Å². The van der Waals surface area contributed by atoms with Crippen molar-refractivity contribution in [1.29, 1.82) is 0 Å². The molecule has 24 heavy (non-hydrogen) atoms. The van der Waals surface area contributed by atoms with Gasteiger partial charge < -0.3 is 10.1 Å². The zero-order valence-electron chi connectivity index (χ0n) is 14.4. The molecular formula is C20H24ClNO2. The third-order valence-electron chi connectivity index (χ3n) is 4.05. The minimum Gasteiger partial charge on any atom is -0.497 e. The van der Waals surface area contributed by atoms with Crippen LogP contribution in [-0.2, 0) is 11.2 Å². The predicted molar refractivity (Wildman–Crippen MR) is 98.7 cm³/mol. The second-order valence-electron chi connectivity index (χ2n) is 6.16. The molecule has 0 saturated carbocycles. The van der Waals surface area contributed by atoms with Gasteiger partial charge in [0.05, 0.1) is 13.0 Å². The molecule has 2 rings (SSSR count). The van der Waals surface area contributed by atoms with Gasteiger partial charge >= 0.3 is 0 Å². The predicted octanol–water partition coefficient (Wildman–Crippen LogP) is 4.45. The number of ether oxygens (including phenoxy) is 1. The second kappa shape index (κ2) is 8.74. The molecule has 0 aliphatic carbocycles. The smallest absolute Gasteiger partial charge is 0.227 e. The summed E-state index contributed by atoms with van der Waals surface area (Å²) in [6, 6.07) is 15.4. The SMILES string of the molecule is COc1ccc(CCNC(=O)[C@@H](c2ccc(Cl)cc2)C(C)C)cc1. The molecule has 0 saturated heterocycles. The van der Waals surface area contributed by atoms with E-state index in [1.54, 1.807) is 7.11 Å². The molecule has 128 valence electrons. The molecule has 0 aliphatic rings. The standard InChI is InChI=1S/C20H24ClNO2/c1-14(2)19(16-6-8-17(21)9-7-16)20(23)22-13-12-15-4-10-18(24-3)11-5-15/h4-11,14,19H,12-13H2,1-3H3,(H,22,23)/t19-/m1/s1. The fourth-order valence-corrected chi connectivity index (χ4v) is 2.87. The minimum absolute atomic E-state index is 0.0563. The Hall–Kier alpha value is -2.00. The molecule has 2 aromatic rings. The maximum absolute atomic E-state index is 12.6. The molecule has 0 aromatic heterocycles. The van der Waals surface area contributed by atoms with Crippen LogP contribution in [0.25, 0.3) is 0 Å². The highest BCUT2D eigenvalue weighted by molar-refractivity contribution is 6.30. The summed E-state index contributed by atoms with van der Waals surface area (Å²) in [4.78, 5) is 12.6. The Morgan fingerprint density at radius 1 is 1.08 bits per heavy atom. The van der Waals surface area contributed by atoms with Gasteiger partial charge in [-0.15, -0.1) is 0 Å². The maximum Gasteiger partial charge on any atom is 0.227 e. The van der Waals surface area contributed by atoms with Crippen LogP contribution in [0.1, 0.15) is 30.9 Å². The zero-order valence-corrected chi connectivity index (χ0v) is 15.1. The number of halogens is 1. The van der Waals surface area contributed by atoms with Gasteiger partial charge in [-0.1, -0.05) is 49.7 Å². The fourth-order valence-electron chi connectivity index (χ4n) is 2.74. The van der Waals surface area contributed by atoms with Crippen molar-refractivity contribution in [1.82, 2.24) is 5.32 Å². The highest BCUT2D eigenvalue weighted by Crippen LogP contribution is 2.26. The van der Waals surface area contributed by atoms with Crippen molar-refractivity contribution >= 4 is 17.5 Å². The summed E-state index contributed by atoms with van der Waals surface area (Å²) >= 11 is 5.94. The van der Waals surface area contributed by atoms with Gasteiger partial charge in [0.2, 0.25) is 5.91 Å². The summed E-state index contributed by atoms with van der Waals surface area (Å²) in [6.07, 6.45) is 0.793. The number of carbonyl (C=O) groups is 1. The van der Waals surface area contributed by atoms with Crippen LogP contribution in [-0.4, -0.2) is 19.6 Å². The number of nitrogens with one attached hydrogen (secondary N) is 1. The Kier molecular flexibility index (Phi) is 6.68. The molecular weight excluding hydrogens is 322 g/mol. The van der Waals surface area contributed by atoms with Gasteiger partial charge in [-0.25, -0.2) is 0 Å². The molecule has 3 nitrogen and oxygen atoms in total. The Morgan fingerprint density at radius 2 is 1.71 bits per heavy atom. The van der Waals surface area contributed by atoms with Crippen LogP contribution in [0.3, 0.4) is 0 Å². The van der Waals surface area contributed by atoms with Crippen molar-refractivity contribution in [3.63, 3.8) is 0 Å². The van der Waals surface area contributed by atoms with E-state index in [1.807, 2.05) is 48.5 Å². The van der Waals surface area contributed by atoms with E-state index in [0.717, 1.165) is 17.7 Å². The molecule has 0 aliphatic heterocycles. The van der Waals surface area contributed by atoms with Crippen LogP contribution >= 0.6 is 11.6 Å². The van der Waals surface area contributed by atoms with Crippen LogP contribution in [0.2, 0.25) is 5.02 Å². The lowest BCUT2D eigenvalue weighted by Gasteiger charge is -2.21. The van der Waals surface area contributed by atoms with Crippen molar-refractivity contribution < 1.29 is 9.53 Å². The molecule has 1 N–H and O–H groups in total. The third kappa shape index (κ3) is 5.00. The van der Waals surface area contributed by atoms with E-state index in [9.17, 15) is 4.79 Å². The average molecular weight is 346 g/mol. The van der Waals surface area contributed by atoms with Gasteiger partial charge in [0.15, 0.2) is 0 Å². The Morgan fingerprint density at radius 3 is 2.25 bits per heavy atom. The third-order valence-corrected chi connectivity index (χ3v) is 4.30. The van der Waals surface area contributed by atoms with Crippen molar-refractivity contribution in [2.24, 2.45) is 5.92 Å². The van der Waals surface area contributed by atoms with E-state index >= 15 is 0 Å². The number of methoxy groups -OCH3 is 1. The summed E-state index contributed by atoms with van der Waals surface area (Å²) in [6.45, 7) is 4.73. The molecule has 1 atom stereocenters. The number of rotatable bonds is 7. The van der Waals surface area contributed by atoms with E-state index in [2.05, 4.69) is 19.2 Å². The summed E-state index contributed by atoms with van der Waals surface area (Å²) in [5.74, 6) is 0.941. The monoisotopic (exact) mass is 345 g/mol. The van der Waals surface area contributed by atoms with Crippen molar-refractivity contribution in [2.75, 3.05) is 13.7 Å². The Balaban J connectivity index is 1.94. The summed E-state index contributed by atoms with van der Waals surface area (Å²) in [5.41, 5.74) is 2.17. The Bertz CT molecular complexity index is 650. The van der Waals surface area contributed by atoms with E-state index < -0.39 is 0 Å². The lowest BCUT2D eigenvalue weighted by Crippen LogP contribution is -2.33. The quantitative estimate of drug-likeness (QED) is 0.805. The maximum atomic E-state index is 12.6. The summed E-state index contributed by atoms with van der Waals surface area (Å²) in [7, 11) is 1.65. The molecule has 1 amide bonds. The van der Waals surface area contributed by atoms with Crippen molar-refractivity contribution in [2.45, 2.75) is 26.2 Å². The molecule has 0 spiro atoms. The molecule has 0 unspecified atom stereocenters. The van der Waals surface area contributed by atoms with E-state index in [4.69, 9.17) is 16.3 Å². The van der Waals surface area contributed by atoms with Crippen LogP contribution in [0.15, 0.2) is 48.5 Å². The molecule has 0 radical (unpaired) electrons. The zero-order chi connectivity index (χ0) is 17.5. The lowest BCUT2D eigenvalue weighted by molar-refractivity contribution is -0.123. The highest BCUT2D eigenvalue weighted by Gasteiger charge is 2.23. The van der Waals surface area contributed by atoms with Gasteiger partial charge in [0.25, 0.3) is 0 Å². The largest absolute Gasteiger partial charge is 0.497 e. The number of hydrogen-bond acceptors (Lipinski definition) is 2. The molecule has 4 heteroatoms. The summed E-state index contributed by atoms with van der Waals surface area (Å²) in [5, 5.41) is 3.73. The first-order chi connectivity index (χ1) is 11.5. The average Bonchev–Trinajstić information content (AvgIpc) is 2.57. The first-order valence-electron chi connectivity index (χ1n) is 8.17. The van der Waals surface area contributed by atoms with E-state index in [1.165, 1.54) is 5.56 Å². The number of carbonyl (C=O) groups excluding carboxylic acids is 1. The van der Waals surface area contributed by atoms with E-state index in [-0.39, 0.29) is 17.7 Å². The van der Waals surface area contributed by atoms with Gasteiger partial charge in [0.1, 0.15) is 5.75 Å².